The number of hydrogen-bond acceptors (Lipinski definition) is 6. The molecule has 1 amide bonds. The number of piperidine rings is 1. The predicted octanol–water partition coefficient (Wildman–Crippen LogP) is 3.34. The lowest BCUT2D eigenvalue weighted by Gasteiger charge is -2.23. The summed E-state index contributed by atoms with van der Waals surface area (Å²) >= 11 is 0. The van der Waals surface area contributed by atoms with E-state index in [1.807, 2.05) is 0 Å². The molecule has 2 heterocycles. The number of aromatic nitrogens is 2. The van der Waals surface area contributed by atoms with Gasteiger partial charge in [-0.3, -0.25) is 0 Å². The molecule has 7 nitrogen and oxygen atoms in total. The first-order valence-corrected chi connectivity index (χ1v) is 10.1. The second kappa shape index (κ2) is 9.60. The first-order valence-electron chi connectivity index (χ1n) is 10.1. The maximum atomic E-state index is 12.3. The number of carbonyl (C=O) groups is 1. The largest absolute Gasteiger partial charge is 0.446 e. The lowest BCUT2D eigenvalue weighted by molar-refractivity contribution is -0.138. The van der Waals surface area contributed by atoms with Crippen LogP contribution in [-0.2, 0) is 4.74 Å². The Morgan fingerprint density at radius 3 is 2.59 bits per heavy atom. The summed E-state index contributed by atoms with van der Waals surface area (Å²) in [5, 5.41) is 8.91. The molecule has 1 aliphatic heterocycles. The summed E-state index contributed by atoms with van der Waals surface area (Å²) in [5.74, 6) is 0.790. The SMILES string of the molecule is C[C@@H](CC(F)(F)F)NC(=O)O[C@H]1CC[C@@H](c2cnc(NC3CCNCC3)nc2)C1. The van der Waals surface area contributed by atoms with E-state index in [0.29, 0.717) is 24.8 Å². The molecule has 10 heteroatoms. The zero-order chi connectivity index (χ0) is 20.9. The highest BCUT2D eigenvalue weighted by molar-refractivity contribution is 5.67. The predicted molar refractivity (Wildman–Crippen MR) is 102 cm³/mol. The molecule has 1 saturated carbocycles. The van der Waals surface area contributed by atoms with Crippen LogP contribution in [0.2, 0.25) is 0 Å². The van der Waals surface area contributed by atoms with Crippen LogP contribution < -0.4 is 16.0 Å². The van der Waals surface area contributed by atoms with Crippen LogP contribution in [0.4, 0.5) is 23.9 Å². The number of alkyl carbamates (subject to hydrolysis) is 1. The third kappa shape index (κ3) is 7.02. The minimum atomic E-state index is -4.32. The average Bonchev–Trinajstić information content (AvgIpc) is 3.09. The van der Waals surface area contributed by atoms with Crippen LogP contribution in [0.3, 0.4) is 0 Å². The van der Waals surface area contributed by atoms with Crippen LogP contribution in [0.15, 0.2) is 12.4 Å². The minimum absolute atomic E-state index is 0.174. The van der Waals surface area contributed by atoms with Gasteiger partial charge in [0.1, 0.15) is 6.10 Å². The molecule has 0 radical (unpaired) electrons. The highest BCUT2D eigenvalue weighted by Gasteiger charge is 2.32. The third-order valence-electron chi connectivity index (χ3n) is 5.38. The van der Waals surface area contributed by atoms with Gasteiger partial charge in [-0.25, -0.2) is 14.8 Å². The van der Waals surface area contributed by atoms with Gasteiger partial charge in [0.05, 0.1) is 6.42 Å². The Morgan fingerprint density at radius 1 is 1.24 bits per heavy atom. The van der Waals surface area contributed by atoms with Crippen molar-refractivity contribution in [1.29, 1.82) is 0 Å². The maximum absolute atomic E-state index is 12.3. The molecular weight excluding hydrogens is 387 g/mol. The van der Waals surface area contributed by atoms with E-state index in [9.17, 15) is 18.0 Å². The number of halogens is 3. The van der Waals surface area contributed by atoms with Crippen LogP contribution >= 0.6 is 0 Å². The monoisotopic (exact) mass is 415 g/mol. The Hall–Kier alpha value is -2.10. The molecule has 29 heavy (non-hydrogen) atoms. The summed E-state index contributed by atoms with van der Waals surface area (Å²) in [5.41, 5.74) is 0.984. The zero-order valence-electron chi connectivity index (χ0n) is 16.5. The highest BCUT2D eigenvalue weighted by Crippen LogP contribution is 2.35. The quantitative estimate of drug-likeness (QED) is 0.661. The van der Waals surface area contributed by atoms with Gasteiger partial charge < -0.3 is 20.7 Å². The van der Waals surface area contributed by atoms with Gasteiger partial charge >= 0.3 is 12.3 Å². The van der Waals surface area contributed by atoms with Gasteiger partial charge in [0.25, 0.3) is 0 Å². The van der Waals surface area contributed by atoms with Gasteiger partial charge in [0.15, 0.2) is 0 Å². The molecule has 0 aromatic carbocycles. The molecule has 0 unspecified atom stereocenters. The fourth-order valence-corrected chi connectivity index (χ4v) is 3.91. The van der Waals surface area contributed by atoms with Crippen molar-refractivity contribution >= 4 is 12.0 Å². The number of anilines is 1. The first kappa shape index (κ1) is 21.6. The van der Waals surface area contributed by atoms with Crippen LogP contribution in [0.1, 0.15) is 56.9 Å². The summed E-state index contributed by atoms with van der Waals surface area (Å²) in [6.45, 7) is 3.28. The minimum Gasteiger partial charge on any atom is -0.446 e. The van der Waals surface area contributed by atoms with Gasteiger partial charge in [-0.2, -0.15) is 13.2 Å². The molecular formula is C19H28F3N5O2. The molecule has 1 aromatic heterocycles. The fraction of sp³-hybridized carbons (Fsp3) is 0.737. The Kier molecular flexibility index (Phi) is 7.15. The van der Waals surface area contributed by atoms with Crippen molar-refractivity contribution in [2.45, 2.75) is 75.7 Å². The zero-order valence-corrected chi connectivity index (χ0v) is 16.5. The van der Waals surface area contributed by atoms with Crippen molar-refractivity contribution in [3.05, 3.63) is 18.0 Å². The molecule has 1 saturated heterocycles. The molecule has 3 N–H and O–H groups in total. The van der Waals surface area contributed by atoms with Gasteiger partial charge in [0, 0.05) is 24.5 Å². The van der Waals surface area contributed by atoms with E-state index in [1.54, 1.807) is 12.4 Å². The number of ether oxygens (including phenoxy) is 1. The Balaban J connectivity index is 1.43. The van der Waals surface area contributed by atoms with Crippen LogP contribution in [0, 0.1) is 0 Å². The van der Waals surface area contributed by atoms with E-state index in [1.165, 1.54) is 6.92 Å². The van der Waals surface area contributed by atoms with E-state index in [-0.39, 0.29) is 12.0 Å². The van der Waals surface area contributed by atoms with E-state index in [2.05, 4.69) is 25.9 Å². The number of nitrogens with zero attached hydrogens (tertiary/aromatic N) is 2. The number of amides is 1. The second-order valence-electron chi connectivity index (χ2n) is 7.91. The van der Waals surface area contributed by atoms with E-state index in [4.69, 9.17) is 4.74 Å². The Labute approximate surface area is 168 Å². The molecule has 0 spiro atoms. The summed E-state index contributed by atoms with van der Waals surface area (Å²) in [4.78, 5) is 20.6. The lowest BCUT2D eigenvalue weighted by Crippen LogP contribution is -2.37. The molecule has 1 aromatic rings. The van der Waals surface area contributed by atoms with Gasteiger partial charge in [-0.05, 0) is 63.6 Å². The van der Waals surface area contributed by atoms with E-state index < -0.39 is 24.7 Å². The van der Waals surface area contributed by atoms with Crippen molar-refractivity contribution in [1.82, 2.24) is 20.6 Å². The molecule has 1 aliphatic carbocycles. The van der Waals surface area contributed by atoms with E-state index >= 15 is 0 Å². The number of alkyl halides is 3. The number of rotatable bonds is 6. The maximum Gasteiger partial charge on any atom is 0.407 e. The molecule has 3 atom stereocenters. The van der Waals surface area contributed by atoms with Crippen molar-refractivity contribution in [2.24, 2.45) is 0 Å². The standard InChI is InChI=1S/C19H28F3N5O2/c1-12(9-19(20,21)22)26-18(28)29-16-3-2-13(8-16)14-10-24-17(25-11-14)27-15-4-6-23-7-5-15/h10-13,15-16,23H,2-9H2,1H3,(H,26,28)(H,24,25,27)/t12-,13+,16-/m0/s1. The first-order chi connectivity index (χ1) is 13.8. The van der Waals surface area contributed by atoms with Crippen molar-refractivity contribution in [3.8, 4) is 0 Å². The Bertz CT molecular complexity index is 665. The average molecular weight is 415 g/mol. The van der Waals surface area contributed by atoms with Crippen molar-refractivity contribution in [3.63, 3.8) is 0 Å². The topological polar surface area (TPSA) is 88.2 Å². The summed E-state index contributed by atoms with van der Waals surface area (Å²) in [6.07, 6.45) is 1.27. The number of nitrogens with one attached hydrogen (secondary N) is 3. The second-order valence-corrected chi connectivity index (χ2v) is 7.91. The van der Waals surface area contributed by atoms with Gasteiger partial charge in [0.2, 0.25) is 5.95 Å². The summed E-state index contributed by atoms with van der Waals surface area (Å²) in [6, 6.07) is -0.641. The molecule has 2 fully saturated rings. The van der Waals surface area contributed by atoms with Crippen LogP contribution in [0.25, 0.3) is 0 Å². The van der Waals surface area contributed by atoms with Crippen LogP contribution in [0.5, 0.6) is 0 Å². The lowest BCUT2D eigenvalue weighted by atomic mass is 10.0. The Morgan fingerprint density at radius 2 is 1.93 bits per heavy atom. The number of carbonyl (C=O) groups excluding carboxylic acids is 1. The fourth-order valence-electron chi connectivity index (χ4n) is 3.91. The van der Waals surface area contributed by atoms with Crippen molar-refractivity contribution < 1.29 is 22.7 Å². The number of hydrogen-bond donors (Lipinski definition) is 3. The van der Waals surface area contributed by atoms with Crippen LogP contribution in [-0.4, -0.2) is 53.5 Å². The third-order valence-corrected chi connectivity index (χ3v) is 5.38. The van der Waals surface area contributed by atoms with Gasteiger partial charge in [-0.1, -0.05) is 0 Å². The molecule has 0 bridgehead atoms. The highest BCUT2D eigenvalue weighted by atomic mass is 19.4. The normalized spacial score (nSPS) is 24.1. The molecule has 3 rings (SSSR count). The van der Waals surface area contributed by atoms with E-state index in [0.717, 1.165) is 37.9 Å². The summed E-state index contributed by atoms with van der Waals surface area (Å²) in [7, 11) is 0. The van der Waals surface area contributed by atoms with Gasteiger partial charge in [-0.15, -0.1) is 0 Å². The molecule has 2 aliphatic rings. The summed E-state index contributed by atoms with van der Waals surface area (Å²) < 4.78 is 42.3. The smallest absolute Gasteiger partial charge is 0.407 e. The molecule has 162 valence electrons. The van der Waals surface area contributed by atoms with Crippen molar-refractivity contribution in [2.75, 3.05) is 18.4 Å².